The number of carbonyl (C=O) groups excluding carboxylic acids is 1. The van der Waals surface area contributed by atoms with Crippen molar-refractivity contribution < 1.29 is 14.7 Å². The van der Waals surface area contributed by atoms with Gasteiger partial charge in [0.05, 0.1) is 23.1 Å². The SMILES string of the molecule is CCCSc1cc2nc(C(C)(C)C)n(C(=O)N(C)C)c2cc1NC(=S)SCCC(=O)O. The van der Waals surface area contributed by atoms with Crippen molar-refractivity contribution in [2.75, 3.05) is 30.9 Å². The Bertz CT molecular complexity index is 980. The minimum Gasteiger partial charge on any atom is -0.481 e. The molecule has 1 amide bonds. The number of carbonyl (C=O) groups is 2. The van der Waals surface area contributed by atoms with Gasteiger partial charge < -0.3 is 15.3 Å². The maximum atomic E-state index is 13.0. The predicted molar refractivity (Wildman–Crippen MR) is 135 cm³/mol. The summed E-state index contributed by atoms with van der Waals surface area (Å²) in [5.74, 6) is 1.18. The Hall–Kier alpha value is -1.78. The molecule has 31 heavy (non-hydrogen) atoms. The number of nitrogens with zero attached hydrogens (tertiary/aromatic N) is 3. The van der Waals surface area contributed by atoms with Crippen LogP contribution in [-0.4, -0.2) is 61.5 Å². The minimum atomic E-state index is -0.850. The van der Waals surface area contributed by atoms with Gasteiger partial charge >= 0.3 is 12.0 Å². The highest BCUT2D eigenvalue weighted by atomic mass is 32.2. The van der Waals surface area contributed by atoms with Crippen molar-refractivity contribution >= 4 is 68.8 Å². The number of rotatable bonds is 7. The number of hydrogen-bond acceptors (Lipinski definition) is 6. The monoisotopic (exact) mass is 482 g/mol. The second-order valence-electron chi connectivity index (χ2n) is 8.29. The smallest absolute Gasteiger partial charge is 0.329 e. The zero-order valence-corrected chi connectivity index (χ0v) is 21.3. The van der Waals surface area contributed by atoms with Gasteiger partial charge in [-0.1, -0.05) is 51.7 Å². The number of nitrogens with one attached hydrogen (secondary N) is 1. The maximum absolute atomic E-state index is 13.0. The predicted octanol–water partition coefficient (Wildman–Crippen LogP) is 5.27. The number of thiocarbonyl (C=S) groups is 1. The van der Waals surface area contributed by atoms with E-state index in [9.17, 15) is 9.59 Å². The van der Waals surface area contributed by atoms with Crippen LogP contribution in [-0.2, 0) is 10.2 Å². The van der Waals surface area contributed by atoms with Crippen LogP contribution in [0.4, 0.5) is 10.5 Å². The van der Waals surface area contributed by atoms with Gasteiger partial charge in [-0.3, -0.25) is 4.79 Å². The van der Waals surface area contributed by atoms with Crippen LogP contribution in [0.1, 0.15) is 46.4 Å². The van der Waals surface area contributed by atoms with Crippen molar-refractivity contribution in [1.29, 1.82) is 0 Å². The first-order chi connectivity index (χ1) is 14.5. The molecule has 0 aliphatic heterocycles. The number of aromatic nitrogens is 2. The van der Waals surface area contributed by atoms with Crippen molar-refractivity contribution in [2.45, 2.75) is 50.8 Å². The summed E-state index contributed by atoms with van der Waals surface area (Å²) in [4.78, 5) is 31.1. The normalized spacial score (nSPS) is 11.5. The van der Waals surface area contributed by atoms with Gasteiger partial charge in [0.1, 0.15) is 10.1 Å². The Morgan fingerprint density at radius 2 is 1.94 bits per heavy atom. The van der Waals surface area contributed by atoms with Crippen molar-refractivity contribution in [3.8, 4) is 0 Å². The Kier molecular flexibility index (Phi) is 8.79. The molecule has 1 aromatic heterocycles. The van der Waals surface area contributed by atoms with E-state index in [1.54, 1.807) is 30.4 Å². The van der Waals surface area contributed by atoms with Gasteiger partial charge in [0, 0.05) is 30.2 Å². The highest BCUT2D eigenvalue weighted by Crippen LogP contribution is 2.35. The van der Waals surface area contributed by atoms with Crippen molar-refractivity contribution in [2.24, 2.45) is 0 Å². The summed E-state index contributed by atoms with van der Waals surface area (Å²) in [6.45, 7) is 8.22. The number of carboxylic acid groups (broad SMARTS) is 1. The van der Waals surface area contributed by atoms with Crippen LogP contribution in [0.2, 0.25) is 0 Å². The molecule has 0 spiro atoms. The average Bonchev–Trinajstić information content (AvgIpc) is 3.03. The fourth-order valence-corrected chi connectivity index (χ4v) is 4.70. The molecule has 0 saturated heterocycles. The van der Waals surface area contributed by atoms with Crippen LogP contribution in [0, 0.1) is 0 Å². The maximum Gasteiger partial charge on any atom is 0.329 e. The number of benzene rings is 1. The van der Waals surface area contributed by atoms with Crippen molar-refractivity contribution in [3.05, 3.63) is 18.0 Å². The lowest BCUT2D eigenvalue weighted by molar-refractivity contribution is -0.136. The third-order valence-corrected chi connectivity index (χ3v) is 6.74. The molecule has 0 aliphatic rings. The van der Waals surface area contributed by atoms with E-state index >= 15 is 0 Å². The number of hydrogen-bond donors (Lipinski definition) is 2. The Balaban J connectivity index is 2.55. The van der Waals surface area contributed by atoms with E-state index < -0.39 is 5.97 Å². The molecule has 0 atom stereocenters. The van der Waals surface area contributed by atoms with Crippen LogP contribution < -0.4 is 5.32 Å². The topological polar surface area (TPSA) is 87.5 Å². The van der Waals surface area contributed by atoms with E-state index in [0.717, 1.165) is 28.3 Å². The molecule has 0 bridgehead atoms. The minimum absolute atomic E-state index is 0.0437. The fraction of sp³-hybridized carbons (Fsp3) is 0.524. The summed E-state index contributed by atoms with van der Waals surface area (Å²) in [5.41, 5.74) is 1.95. The molecule has 0 radical (unpaired) electrons. The number of amides is 1. The lowest BCUT2D eigenvalue weighted by Gasteiger charge is -2.21. The van der Waals surface area contributed by atoms with E-state index in [0.29, 0.717) is 21.4 Å². The second kappa shape index (κ2) is 10.7. The summed E-state index contributed by atoms with van der Waals surface area (Å²) in [5, 5.41) is 12.1. The first kappa shape index (κ1) is 25.5. The summed E-state index contributed by atoms with van der Waals surface area (Å²) in [6, 6.07) is 3.75. The lowest BCUT2D eigenvalue weighted by atomic mass is 9.96. The largest absolute Gasteiger partial charge is 0.481 e. The average molecular weight is 483 g/mol. The molecule has 0 unspecified atom stereocenters. The molecule has 1 heterocycles. The zero-order chi connectivity index (χ0) is 23.3. The van der Waals surface area contributed by atoms with Crippen LogP contribution >= 0.6 is 35.7 Å². The number of thioether (sulfide) groups is 2. The third-order valence-electron chi connectivity index (χ3n) is 4.25. The molecule has 170 valence electrons. The zero-order valence-electron chi connectivity index (χ0n) is 18.8. The van der Waals surface area contributed by atoms with Gasteiger partial charge in [0.15, 0.2) is 0 Å². The van der Waals surface area contributed by atoms with Gasteiger partial charge in [0.25, 0.3) is 0 Å². The number of anilines is 1. The van der Waals surface area contributed by atoms with E-state index in [1.165, 1.54) is 16.7 Å². The quantitative estimate of drug-likeness (QED) is 0.408. The van der Waals surface area contributed by atoms with Gasteiger partial charge in [-0.25, -0.2) is 14.3 Å². The lowest BCUT2D eigenvalue weighted by Crippen LogP contribution is -2.31. The fourth-order valence-electron chi connectivity index (χ4n) is 2.81. The summed E-state index contributed by atoms with van der Waals surface area (Å²) in [6.07, 6.45) is 1.06. The van der Waals surface area contributed by atoms with Crippen LogP contribution in [0.5, 0.6) is 0 Å². The van der Waals surface area contributed by atoms with Crippen LogP contribution in [0.25, 0.3) is 11.0 Å². The second-order valence-corrected chi connectivity index (χ2v) is 11.2. The van der Waals surface area contributed by atoms with Gasteiger partial charge in [-0.05, 0) is 24.3 Å². The van der Waals surface area contributed by atoms with Gasteiger partial charge in [-0.15, -0.1) is 11.8 Å². The van der Waals surface area contributed by atoms with Gasteiger partial charge in [0.2, 0.25) is 0 Å². The standard InChI is InChI=1S/C21H30N4O3S3/c1-7-9-30-16-12-13-15(11-14(16)23-19(29)31-10-8-17(26)27)25(20(28)24(5)6)18(22-13)21(2,3)4/h11-12H,7-10H2,1-6H3,(H,23,29)(H,26,27). The molecule has 2 N–H and O–H groups in total. The molecule has 0 fully saturated rings. The van der Waals surface area contributed by atoms with E-state index in [-0.39, 0.29) is 17.9 Å². The first-order valence-corrected chi connectivity index (χ1v) is 12.4. The Morgan fingerprint density at radius 1 is 1.26 bits per heavy atom. The molecule has 0 saturated carbocycles. The highest BCUT2D eigenvalue weighted by Gasteiger charge is 2.28. The third kappa shape index (κ3) is 6.60. The number of carboxylic acids is 1. The molecular formula is C21H30N4O3S3. The Labute approximate surface area is 197 Å². The van der Waals surface area contributed by atoms with E-state index in [1.807, 2.05) is 32.9 Å². The van der Waals surface area contributed by atoms with Crippen molar-refractivity contribution in [1.82, 2.24) is 14.5 Å². The summed E-state index contributed by atoms with van der Waals surface area (Å²) in [7, 11) is 3.44. The molecular weight excluding hydrogens is 452 g/mol. The van der Waals surface area contributed by atoms with Crippen LogP contribution in [0.3, 0.4) is 0 Å². The number of imidazole rings is 1. The molecule has 0 aliphatic carbocycles. The van der Waals surface area contributed by atoms with Gasteiger partial charge in [-0.2, -0.15) is 0 Å². The molecule has 2 aromatic rings. The Morgan fingerprint density at radius 3 is 2.48 bits per heavy atom. The number of aliphatic carboxylic acids is 1. The van der Waals surface area contributed by atoms with Crippen LogP contribution in [0.15, 0.2) is 17.0 Å². The molecule has 10 heteroatoms. The number of fused-ring (bicyclic) bond motifs is 1. The van der Waals surface area contributed by atoms with E-state index in [2.05, 4.69) is 12.2 Å². The highest BCUT2D eigenvalue weighted by molar-refractivity contribution is 8.23. The summed E-state index contributed by atoms with van der Waals surface area (Å²) >= 11 is 8.42. The van der Waals surface area contributed by atoms with Crippen molar-refractivity contribution in [3.63, 3.8) is 0 Å². The first-order valence-electron chi connectivity index (χ1n) is 10.0. The van der Waals surface area contributed by atoms with E-state index in [4.69, 9.17) is 22.3 Å². The summed E-state index contributed by atoms with van der Waals surface area (Å²) < 4.78 is 2.16. The molecule has 2 rings (SSSR count). The molecule has 1 aromatic carbocycles. The molecule has 7 nitrogen and oxygen atoms in total.